The van der Waals surface area contributed by atoms with Crippen LogP contribution in [0.4, 0.5) is 11.5 Å². The SMILES string of the molecule is O=C(Nc1ccc2nc(NC(=O)C3Cc4ccccc43)ccc2c1)C1Cc2ccccc21. The molecule has 5 heteroatoms. The lowest BCUT2D eigenvalue weighted by Gasteiger charge is -2.29. The molecule has 0 saturated carbocycles. The van der Waals surface area contributed by atoms with Gasteiger partial charge in [0.05, 0.1) is 17.4 Å². The van der Waals surface area contributed by atoms with Gasteiger partial charge >= 0.3 is 0 Å². The standard InChI is InChI=1S/C27H21N3O2/c31-26(22-14-16-5-1-3-7-20(16)22)28-19-10-11-24-18(13-19)9-12-25(29-24)30-27(32)23-15-17-6-2-4-8-21(17)23/h1-13,22-23H,14-15H2,(H,28,31)(H,29,30,32). The Labute approximate surface area is 185 Å². The van der Waals surface area contributed by atoms with Gasteiger partial charge in [-0.3, -0.25) is 9.59 Å². The van der Waals surface area contributed by atoms with E-state index in [0.29, 0.717) is 5.82 Å². The van der Waals surface area contributed by atoms with Crippen molar-refractivity contribution in [2.24, 2.45) is 0 Å². The van der Waals surface area contributed by atoms with E-state index in [-0.39, 0.29) is 23.7 Å². The largest absolute Gasteiger partial charge is 0.326 e. The first-order valence-electron chi connectivity index (χ1n) is 10.8. The minimum Gasteiger partial charge on any atom is -0.326 e. The minimum atomic E-state index is -0.113. The first kappa shape index (κ1) is 18.8. The fourth-order valence-corrected chi connectivity index (χ4v) is 4.70. The second-order valence-corrected chi connectivity index (χ2v) is 8.49. The number of benzene rings is 3. The Hall–Kier alpha value is -3.99. The van der Waals surface area contributed by atoms with Gasteiger partial charge in [-0.05, 0) is 65.4 Å². The number of hydrogen-bond donors (Lipinski definition) is 2. The molecule has 4 aromatic rings. The van der Waals surface area contributed by atoms with Gasteiger partial charge in [0.1, 0.15) is 5.82 Å². The van der Waals surface area contributed by atoms with Crippen LogP contribution in [-0.2, 0) is 22.4 Å². The highest BCUT2D eigenvalue weighted by Gasteiger charge is 2.32. The number of hydrogen-bond acceptors (Lipinski definition) is 3. The number of anilines is 2. The van der Waals surface area contributed by atoms with Crippen LogP contribution in [0.25, 0.3) is 10.9 Å². The van der Waals surface area contributed by atoms with Gasteiger partial charge in [0.25, 0.3) is 0 Å². The van der Waals surface area contributed by atoms with Crippen molar-refractivity contribution in [2.75, 3.05) is 10.6 Å². The van der Waals surface area contributed by atoms with Crippen molar-refractivity contribution >= 4 is 34.2 Å². The molecule has 32 heavy (non-hydrogen) atoms. The van der Waals surface area contributed by atoms with Gasteiger partial charge in [-0.1, -0.05) is 48.5 Å². The van der Waals surface area contributed by atoms with Crippen LogP contribution in [0.2, 0.25) is 0 Å². The molecule has 2 atom stereocenters. The van der Waals surface area contributed by atoms with E-state index in [1.807, 2.05) is 60.7 Å². The van der Waals surface area contributed by atoms with Gasteiger partial charge in [-0.2, -0.15) is 0 Å². The highest BCUT2D eigenvalue weighted by atomic mass is 16.2. The molecular weight excluding hydrogens is 398 g/mol. The van der Waals surface area contributed by atoms with E-state index in [1.54, 1.807) is 6.07 Å². The maximum atomic E-state index is 12.7. The maximum absolute atomic E-state index is 12.7. The molecule has 6 rings (SSSR count). The predicted molar refractivity (Wildman–Crippen MR) is 125 cm³/mol. The summed E-state index contributed by atoms with van der Waals surface area (Å²) in [6, 6.07) is 25.5. The van der Waals surface area contributed by atoms with E-state index in [0.717, 1.165) is 40.6 Å². The molecule has 1 heterocycles. The van der Waals surface area contributed by atoms with Crippen molar-refractivity contribution in [1.29, 1.82) is 0 Å². The highest BCUT2D eigenvalue weighted by molar-refractivity contribution is 6.00. The molecule has 2 aliphatic rings. The third kappa shape index (κ3) is 3.14. The summed E-state index contributed by atoms with van der Waals surface area (Å²) in [5, 5.41) is 6.88. The fourth-order valence-electron chi connectivity index (χ4n) is 4.70. The zero-order valence-corrected chi connectivity index (χ0v) is 17.3. The van der Waals surface area contributed by atoms with Crippen LogP contribution in [0.3, 0.4) is 0 Å². The van der Waals surface area contributed by atoms with Crippen LogP contribution in [0, 0.1) is 0 Å². The third-order valence-corrected chi connectivity index (χ3v) is 6.55. The number of rotatable bonds is 4. The van der Waals surface area contributed by atoms with Crippen molar-refractivity contribution in [1.82, 2.24) is 4.98 Å². The molecular formula is C27H21N3O2. The van der Waals surface area contributed by atoms with Crippen molar-refractivity contribution in [3.05, 3.63) is 101 Å². The van der Waals surface area contributed by atoms with E-state index in [1.165, 1.54) is 11.1 Å². The summed E-state index contributed by atoms with van der Waals surface area (Å²) in [6.45, 7) is 0. The number of carbonyl (C=O) groups is 2. The summed E-state index contributed by atoms with van der Waals surface area (Å²) in [5.74, 6) is 0.322. The molecule has 2 N–H and O–H groups in total. The molecule has 0 radical (unpaired) electrons. The lowest BCUT2D eigenvalue weighted by atomic mass is 9.77. The van der Waals surface area contributed by atoms with Crippen LogP contribution >= 0.6 is 0 Å². The number of nitrogens with zero attached hydrogens (tertiary/aromatic N) is 1. The summed E-state index contributed by atoms with van der Waals surface area (Å²) in [7, 11) is 0. The Balaban J connectivity index is 1.15. The molecule has 1 aromatic heterocycles. The fraction of sp³-hybridized carbons (Fsp3) is 0.148. The second-order valence-electron chi connectivity index (χ2n) is 8.49. The van der Waals surface area contributed by atoms with Crippen LogP contribution in [-0.4, -0.2) is 16.8 Å². The van der Waals surface area contributed by atoms with Gasteiger partial charge in [-0.15, -0.1) is 0 Å². The topological polar surface area (TPSA) is 71.1 Å². The lowest BCUT2D eigenvalue weighted by molar-refractivity contribution is -0.118. The van der Waals surface area contributed by atoms with Crippen molar-refractivity contribution < 1.29 is 9.59 Å². The minimum absolute atomic E-state index is 0.0145. The molecule has 2 amide bonds. The summed E-state index contributed by atoms with van der Waals surface area (Å²) in [4.78, 5) is 29.9. The first-order valence-corrected chi connectivity index (χ1v) is 10.8. The number of carbonyl (C=O) groups excluding carboxylic acids is 2. The Morgan fingerprint density at radius 2 is 1.34 bits per heavy atom. The molecule has 0 aliphatic heterocycles. The van der Waals surface area contributed by atoms with Crippen molar-refractivity contribution in [3.63, 3.8) is 0 Å². The average Bonchev–Trinajstić information content (AvgIpc) is 2.75. The van der Waals surface area contributed by atoms with E-state index >= 15 is 0 Å². The molecule has 5 nitrogen and oxygen atoms in total. The normalized spacial score (nSPS) is 18.0. The Morgan fingerprint density at radius 3 is 2.00 bits per heavy atom. The van der Waals surface area contributed by atoms with Gasteiger partial charge in [-0.25, -0.2) is 4.98 Å². The van der Waals surface area contributed by atoms with Crippen molar-refractivity contribution in [3.8, 4) is 0 Å². The molecule has 2 unspecified atom stereocenters. The molecule has 156 valence electrons. The molecule has 0 fully saturated rings. The van der Waals surface area contributed by atoms with E-state index in [2.05, 4.69) is 27.8 Å². The molecule has 0 bridgehead atoms. The van der Waals surface area contributed by atoms with Crippen molar-refractivity contribution in [2.45, 2.75) is 24.7 Å². The van der Waals surface area contributed by atoms with Gasteiger partial charge in [0, 0.05) is 11.1 Å². The Kier molecular flexibility index (Phi) is 4.28. The number of nitrogens with one attached hydrogen (secondary N) is 2. The maximum Gasteiger partial charge on any atom is 0.233 e. The summed E-state index contributed by atoms with van der Waals surface area (Å²) < 4.78 is 0. The zero-order valence-electron chi connectivity index (χ0n) is 17.3. The van der Waals surface area contributed by atoms with Crippen LogP contribution in [0.5, 0.6) is 0 Å². The monoisotopic (exact) mass is 419 g/mol. The second kappa shape index (κ2) is 7.31. The Morgan fingerprint density at radius 1 is 0.719 bits per heavy atom. The number of aromatic nitrogens is 1. The first-order chi connectivity index (χ1) is 15.7. The van der Waals surface area contributed by atoms with Crippen LogP contribution in [0.15, 0.2) is 78.9 Å². The smallest absolute Gasteiger partial charge is 0.233 e. The van der Waals surface area contributed by atoms with Crippen LogP contribution < -0.4 is 10.6 Å². The molecule has 2 aliphatic carbocycles. The lowest BCUT2D eigenvalue weighted by Crippen LogP contribution is -2.30. The van der Waals surface area contributed by atoms with E-state index in [9.17, 15) is 9.59 Å². The summed E-state index contributed by atoms with van der Waals surface area (Å²) in [6.07, 6.45) is 1.55. The molecule has 0 spiro atoms. The number of fused-ring (bicyclic) bond motifs is 3. The highest BCUT2D eigenvalue weighted by Crippen LogP contribution is 2.36. The zero-order chi connectivity index (χ0) is 21.7. The van der Waals surface area contributed by atoms with Crippen LogP contribution in [0.1, 0.15) is 34.1 Å². The molecule has 0 saturated heterocycles. The third-order valence-electron chi connectivity index (χ3n) is 6.55. The predicted octanol–water partition coefficient (Wildman–Crippen LogP) is 4.79. The van der Waals surface area contributed by atoms with Gasteiger partial charge in [0.2, 0.25) is 11.8 Å². The quantitative estimate of drug-likeness (QED) is 0.500. The van der Waals surface area contributed by atoms with E-state index < -0.39 is 0 Å². The summed E-state index contributed by atoms with van der Waals surface area (Å²) >= 11 is 0. The number of amides is 2. The summed E-state index contributed by atoms with van der Waals surface area (Å²) in [5.41, 5.74) is 6.21. The molecule has 3 aromatic carbocycles. The Bertz CT molecular complexity index is 1290. The van der Waals surface area contributed by atoms with Gasteiger partial charge < -0.3 is 10.6 Å². The number of pyridine rings is 1. The van der Waals surface area contributed by atoms with Gasteiger partial charge in [0.15, 0.2) is 0 Å². The average molecular weight is 419 g/mol. The van der Waals surface area contributed by atoms with E-state index in [4.69, 9.17) is 0 Å².